The minimum atomic E-state index is -0.805. The third-order valence-corrected chi connectivity index (χ3v) is 2.90. The van der Waals surface area contributed by atoms with Crippen molar-refractivity contribution in [2.24, 2.45) is 0 Å². The van der Waals surface area contributed by atoms with Crippen molar-refractivity contribution in [2.45, 2.75) is 19.5 Å². The molecule has 0 aliphatic heterocycles. The molecule has 1 atom stereocenters. The molecule has 0 spiro atoms. The quantitative estimate of drug-likeness (QED) is 0.866. The van der Waals surface area contributed by atoms with Crippen LogP contribution in [0.3, 0.4) is 0 Å². The molecule has 0 heterocycles. The highest BCUT2D eigenvalue weighted by Gasteiger charge is 2.13. The Morgan fingerprint density at radius 3 is 2.44 bits per heavy atom. The van der Waals surface area contributed by atoms with Crippen LogP contribution in [0.5, 0.6) is 0 Å². The summed E-state index contributed by atoms with van der Waals surface area (Å²) in [6.07, 6.45) is 0. The molecule has 18 heavy (non-hydrogen) atoms. The fraction of sp³-hybridized carbons (Fsp3) is 0.200. The van der Waals surface area contributed by atoms with Gasteiger partial charge in [-0.05, 0) is 18.6 Å². The van der Waals surface area contributed by atoms with E-state index in [1.165, 1.54) is 6.07 Å². The van der Waals surface area contributed by atoms with Gasteiger partial charge in [-0.15, -0.1) is 0 Å². The Morgan fingerprint density at radius 1 is 1.00 bits per heavy atom. The fourth-order valence-corrected chi connectivity index (χ4v) is 1.83. The van der Waals surface area contributed by atoms with Crippen LogP contribution in [0.4, 0.5) is 8.78 Å². The molecule has 1 N–H and O–H groups in total. The number of halogens is 2. The standard InChI is InChI=1S/C15H15F2N/c1-11(13-8-5-9-14(16)15(13)17)18-10-12-6-3-2-4-7-12/h2-9,11,18H,10H2,1H3. The second-order valence-corrected chi connectivity index (χ2v) is 4.23. The van der Waals surface area contributed by atoms with Gasteiger partial charge in [-0.1, -0.05) is 42.5 Å². The molecule has 94 valence electrons. The summed E-state index contributed by atoms with van der Waals surface area (Å²) in [6.45, 7) is 2.44. The summed E-state index contributed by atoms with van der Waals surface area (Å²) in [5.74, 6) is -1.58. The van der Waals surface area contributed by atoms with Crippen LogP contribution in [0.15, 0.2) is 48.5 Å². The zero-order chi connectivity index (χ0) is 13.0. The average Bonchev–Trinajstić information content (AvgIpc) is 2.40. The Hall–Kier alpha value is -1.74. The largest absolute Gasteiger partial charge is 0.306 e. The molecule has 0 radical (unpaired) electrons. The Bertz CT molecular complexity index is 511. The second kappa shape index (κ2) is 5.74. The normalized spacial score (nSPS) is 12.4. The van der Waals surface area contributed by atoms with E-state index in [-0.39, 0.29) is 6.04 Å². The van der Waals surface area contributed by atoms with Gasteiger partial charge in [0.2, 0.25) is 0 Å². The third-order valence-electron chi connectivity index (χ3n) is 2.90. The van der Waals surface area contributed by atoms with Crippen molar-refractivity contribution in [3.63, 3.8) is 0 Å². The maximum Gasteiger partial charge on any atom is 0.163 e. The highest BCUT2D eigenvalue weighted by atomic mass is 19.2. The van der Waals surface area contributed by atoms with Crippen molar-refractivity contribution >= 4 is 0 Å². The molecular formula is C15H15F2N. The molecule has 0 fully saturated rings. The lowest BCUT2D eigenvalue weighted by Gasteiger charge is -2.15. The van der Waals surface area contributed by atoms with E-state index in [1.807, 2.05) is 37.3 Å². The third kappa shape index (κ3) is 2.93. The molecule has 0 saturated heterocycles. The van der Waals surface area contributed by atoms with Crippen LogP contribution in [-0.2, 0) is 6.54 Å². The van der Waals surface area contributed by atoms with E-state index >= 15 is 0 Å². The van der Waals surface area contributed by atoms with Gasteiger partial charge in [-0.3, -0.25) is 0 Å². The Labute approximate surface area is 105 Å². The van der Waals surface area contributed by atoms with Gasteiger partial charge in [0.1, 0.15) is 0 Å². The van der Waals surface area contributed by atoms with E-state index in [4.69, 9.17) is 0 Å². The topological polar surface area (TPSA) is 12.0 Å². The van der Waals surface area contributed by atoms with Crippen LogP contribution in [0.1, 0.15) is 24.1 Å². The molecular weight excluding hydrogens is 232 g/mol. The first-order valence-electron chi connectivity index (χ1n) is 5.89. The van der Waals surface area contributed by atoms with Gasteiger partial charge in [-0.25, -0.2) is 8.78 Å². The van der Waals surface area contributed by atoms with Crippen LogP contribution >= 0.6 is 0 Å². The van der Waals surface area contributed by atoms with Gasteiger partial charge in [0, 0.05) is 18.2 Å². The van der Waals surface area contributed by atoms with E-state index in [1.54, 1.807) is 6.07 Å². The molecule has 0 aliphatic carbocycles. The summed E-state index contributed by atoms with van der Waals surface area (Å²) < 4.78 is 26.7. The van der Waals surface area contributed by atoms with Gasteiger partial charge in [-0.2, -0.15) is 0 Å². The van der Waals surface area contributed by atoms with Crippen molar-refractivity contribution < 1.29 is 8.78 Å². The van der Waals surface area contributed by atoms with Crippen LogP contribution in [0, 0.1) is 11.6 Å². The van der Waals surface area contributed by atoms with Gasteiger partial charge in [0.05, 0.1) is 0 Å². The van der Waals surface area contributed by atoms with Gasteiger partial charge in [0.25, 0.3) is 0 Å². The van der Waals surface area contributed by atoms with Crippen molar-refractivity contribution in [3.05, 3.63) is 71.3 Å². The lowest BCUT2D eigenvalue weighted by atomic mass is 10.1. The molecule has 0 aromatic heterocycles. The number of benzene rings is 2. The van der Waals surface area contributed by atoms with E-state index in [2.05, 4.69) is 5.32 Å². The Morgan fingerprint density at radius 2 is 1.72 bits per heavy atom. The molecule has 1 unspecified atom stereocenters. The van der Waals surface area contributed by atoms with Gasteiger partial charge < -0.3 is 5.32 Å². The Balaban J connectivity index is 2.04. The predicted molar refractivity (Wildman–Crippen MR) is 68.1 cm³/mol. The van der Waals surface area contributed by atoms with Crippen LogP contribution in [0.25, 0.3) is 0 Å². The summed E-state index contributed by atoms with van der Waals surface area (Å²) in [7, 11) is 0. The molecule has 1 nitrogen and oxygen atoms in total. The highest BCUT2D eigenvalue weighted by Crippen LogP contribution is 2.19. The van der Waals surface area contributed by atoms with E-state index in [0.717, 1.165) is 11.6 Å². The van der Waals surface area contributed by atoms with Crippen molar-refractivity contribution in [2.75, 3.05) is 0 Å². The van der Waals surface area contributed by atoms with E-state index in [9.17, 15) is 8.78 Å². The maximum atomic E-state index is 13.6. The smallest absolute Gasteiger partial charge is 0.163 e. The summed E-state index contributed by atoms with van der Waals surface area (Å²) in [5.41, 5.74) is 1.46. The summed E-state index contributed by atoms with van der Waals surface area (Å²) >= 11 is 0. The predicted octanol–water partition coefficient (Wildman–Crippen LogP) is 3.82. The lowest BCUT2D eigenvalue weighted by Crippen LogP contribution is -2.19. The minimum Gasteiger partial charge on any atom is -0.306 e. The minimum absolute atomic E-state index is 0.235. The summed E-state index contributed by atoms with van der Waals surface area (Å²) in [4.78, 5) is 0. The van der Waals surface area contributed by atoms with Gasteiger partial charge in [0.15, 0.2) is 11.6 Å². The van der Waals surface area contributed by atoms with Crippen molar-refractivity contribution in [3.8, 4) is 0 Å². The number of rotatable bonds is 4. The Kier molecular flexibility index (Phi) is 4.05. The highest BCUT2D eigenvalue weighted by molar-refractivity contribution is 5.22. The summed E-state index contributed by atoms with van der Waals surface area (Å²) in [5, 5.41) is 3.18. The van der Waals surface area contributed by atoms with Crippen LogP contribution < -0.4 is 5.32 Å². The second-order valence-electron chi connectivity index (χ2n) is 4.23. The van der Waals surface area contributed by atoms with E-state index in [0.29, 0.717) is 12.1 Å². The molecule has 0 saturated carbocycles. The van der Waals surface area contributed by atoms with E-state index < -0.39 is 11.6 Å². The number of nitrogens with one attached hydrogen (secondary N) is 1. The fourth-order valence-electron chi connectivity index (χ4n) is 1.83. The maximum absolute atomic E-state index is 13.6. The molecule has 0 bridgehead atoms. The zero-order valence-electron chi connectivity index (χ0n) is 10.2. The van der Waals surface area contributed by atoms with Crippen LogP contribution in [0.2, 0.25) is 0 Å². The lowest BCUT2D eigenvalue weighted by molar-refractivity contribution is 0.472. The SMILES string of the molecule is CC(NCc1ccccc1)c1cccc(F)c1F. The van der Waals surface area contributed by atoms with Crippen molar-refractivity contribution in [1.29, 1.82) is 0 Å². The molecule has 3 heteroatoms. The molecule has 2 rings (SSSR count). The molecule has 0 amide bonds. The number of hydrogen-bond donors (Lipinski definition) is 1. The molecule has 2 aromatic carbocycles. The first-order valence-corrected chi connectivity index (χ1v) is 5.89. The molecule has 2 aromatic rings. The summed E-state index contributed by atoms with van der Waals surface area (Å²) in [6, 6.07) is 13.8. The monoisotopic (exact) mass is 247 g/mol. The number of hydrogen-bond acceptors (Lipinski definition) is 1. The van der Waals surface area contributed by atoms with Crippen molar-refractivity contribution in [1.82, 2.24) is 5.32 Å². The van der Waals surface area contributed by atoms with Gasteiger partial charge >= 0.3 is 0 Å². The first kappa shape index (κ1) is 12.7. The zero-order valence-corrected chi connectivity index (χ0v) is 10.2. The van der Waals surface area contributed by atoms with Crippen LogP contribution in [-0.4, -0.2) is 0 Å². The molecule has 0 aliphatic rings. The first-order chi connectivity index (χ1) is 8.68. The average molecular weight is 247 g/mol.